The molecule has 0 heterocycles. The quantitative estimate of drug-likeness (QED) is 0.434. The molecule has 1 aromatic rings. The summed E-state index contributed by atoms with van der Waals surface area (Å²) in [4.78, 5) is 21.5. The van der Waals surface area contributed by atoms with Gasteiger partial charge in [0.15, 0.2) is 0 Å². The number of esters is 1. The van der Waals surface area contributed by atoms with Crippen LogP contribution in [0.3, 0.4) is 0 Å². The lowest BCUT2D eigenvalue weighted by Gasteiger charge is -2.04. The third-order valence-electron chi connectivity index (χ3n) is 2.00. The van der Waals surface area contributed by atoms with Crippen molar-refractivity contribution in [2.75, 3.05) is 6.61 Å². The van der Waals surface area contributed by atoms with Gasteiger partial charge in [0.2, 0.25) is 0 Å². The van der Waals surface area contributed by atoms with Gasteiger partial charge in [-0.2, -0.15) is 0 Å². The fourth-order valence-electron chi connectivity index (χ4n) is 1.25. The van der Waals surface area contributed by atoms with Crippen LogP contribution >= 0.6 is 0 Å². The van der Waals surface area contributed by atoms with Gasteiger partial charge in [0.1, 0.15) is 0 Å². The van der Waals surface area contributed by atoms with Crippen molar-refractivity contribution in [3.05, 3.63) is 39.4 Å². The lowest BCUT2D eigenvalue weighted by Crippen LogP contribution is -2.07. The van der Waals surface area contributed by atoms with Crippen LogP contribution < -0.4 is 0 Å². The zero-order valence-corrected chi connectivity index (χ0v) is 8.52. The first-order valence-electron chi connectivity index (χ1n) is 4.49. The molecule has 80 valence electrons. The first-order chi connectivity index (χ1) is 7.07. The molecule has 0 atom stereocenters. The Labute approximate surface area is 86.8 Å². The Morgan fingerprint density at radius 3 is 2.73 bits per heavy atom. The number of hydrogen-bond acceptors (Lipinski definition) is 4. The molecule has 5 nitrogen and oxygen atoms in total. The average molecular weight is 209 g/mol. The number of hydrogen-bond donors (Lipinski definition) is 0. The third kappa shape index (κ3) is 2.31. The molecule has 0 aromatic heterocycles. The lowest BCUT2D eigenvalue weighted by atomic mass is 10.1. The maximum atomic E-state index is 11.4. The highest BCUT2D eigenvalue weighted by molar-refractivity contribution is 5.92. The summed E-state index contributed by atoms with van der Waals surface area (Å²) in [5.74, 6) is -0.529. The van der Waals surface area contributed by atoms with Crippen molar-refractivity contribution < 1.29 is 14.5 Å². The number of nitro groups is 1. The summed E-state index contributed by atoms with van der Waals surface area (Å²) in [6.45, 7) is 3.47. The topological polar surface area (TPSA) is 69.4 Å². The molecule has 0 aliphatic rings. The summed E-state index contributed by atoms with van der Waals surface area (Å²) in [5.41, 5.74) is 0.507. The average Bonchev–Trinajstić information content (AvgIpc) is 2.17. The standard InChI is InChI=1S/C10H11NO4/c1-3-15-10(12)8-5-4-6-9(7(8)2)11(13)14/h4-6H,3H2,1-2H3. The summed E-state index contributed by atoms with van der Waals surface area (Å²) in [6.07, 6.45) is 0. The molecule has 15 heavy (non-hydrogen) atoms. The summed E-state index contributed by atoms with van der Waals surface area (Å²) in [6, 6.07) is 4.34. The molecule has 0 aliphatic carbocycles. The van der Waals surface area contributed by atoms with Crippen molar-refractivity contribution >= 4 is 11.7 Å². The first-order valence-corrected chi connectivity index (χ1v) is 4.49. The van der Waals surface area contributed by atoms with Crippen LogP contribution in [-0.2, 0) is 4.74 Å². The van der Waals surface area contributed by atoms with Crippen molar-refractivity contribution in [2.45, 2.75) is 13.8 Å². The van der Waals surface area contributed by atoms with Crippen LogP contribution in [0.15, 0.2) is 18.2 Å². The van der Waals surface area contributed by atoms with Crippen molar-refractivity contribution in [3.8, 4) is 0 Å². The van der Waals surface area contributed by atoms with Gasteiger partial charge >= 0.3 is 5.97 Å². The van der Waals surface area contributed by atoms with Crippen molar-refractivity contribution in [2.24, 2.45) is 0 Å². The van der Waals surface area contributed by atoms with Crippen molar-refractivity contribution in [1.29, 1.82) is 0 Å². The van der Waals surface area contributed by atoms with Gasteiger partial charge < -0.3 is 4.74 Å². The van der Waals surface area contributed by atoms with Crippen LogP contribution in [-0.4, -0.2) is 17.5 Å². The molecule has 0 N–H and O–H groups in total. The smallest absolute Gasteiger partial charge is 0.338 e. The number of ether oxygens (including phenoxy) is 1. The first kappa shape index (κ1) is 11.2. The molecule has 0 amide bonds. The van der Waals surface area contributed by atoms with Gasteiger partial charge in [-0.3, -0.25) is 10.1 Å². The van der Waals surface area contributed by atoms with Gasteiger partial charge in [0.05, 0.1) is 17.1 Å². The summed E-state index contributed by atoms with van der Waals surface area (Å²) in [7, 11) is 0. The van der Waals surface area contributed by atoms with E-state index in [0.29, 0.717) is 5.56 Å². The van der Waals surface area contributed by atoms with Crippen LogP contribution in [0.4, 0.5) is 5.69 Å². The maximum absolute atomic E-state index is 11.4. The number of nitro benzene ring substituents is 1. The van der Waals surface area contributed by atoms with E-state index in [-0.39, 0.29) is 17.9 Å². The third-order valence-corrected chi connectivity index (χ3v) is 2.00. The Hall–Kier alpha value is -1.91. The molecule has 0 saturated heterocycles. The fraction of sp³-hybridized carbons (Fsp3) is 0.300. The Kier molecular flexibility index (Phi) is 3.38. The second-order valence-corrected chi connectivity index (χ2v) is 2.93. The van der Waals surface area contributed by atoms with Crippen LogP contribution in [0.1, 0.15) is 22.8 Å². The van der Waals surface area contributed by atoms with Gasteiger partial charge in [-0.15, -0.1) is 0 Å². The van der Waals surface area contributed by atoms with Crippen LogP contribution in [0.25, 0.3) is 0 Å². The predicted molar refractivity (Wildman–Crippen MR) is 53.8 cm³/mol. The van der Waals surface area contributed by atoms with Gasteiger partial charge in [-0.05, 0) is 19.9 Å². The molecule has 1 aromatic carbocycles. The summed E-state index contributed by atoms with van der Waals surface area (Å²) >= 11 is 0. The largest absolute Gasteiger partial charge is 0.462 e. The molecular weight excluding hydrogens is 198 g/mol. The summed E-state index contributed by atoms with van der Waals surface area (Å²) < 4.78 is 4.78. The zero-order chi connectivity index (χ0) is 11.4. The van der Waals surface area contributed by atoms with E-state index in [1.54, 1.807) is 6.92 Å². The van der Waals surface area contributed by atoms with E-state index in [1.165, 1.54) is 25.1 Å². The zero-order valence-electron chi connectivity index (χ0n) is 8.52. The van der Waals surface area contributed by atoms with Crippen LogP contribution in [0.5, 0.6) is 0 Å². The molecule has 0 bridgehead atoms. The molecule has 0 aliphatic heterocycles. The highest BCUT2D eigenvalue weighted by atomic mass is 16.6. The fourth-order valence-corrected chi connectivity index (χ4v) is 1.25. The second-order valence-electron chi connectivity index (χ2n) is 2.93. The van der Waals surface area contributed by atoms with Gasteiger partial charge in [-0.1, -0.05) is 6.07 Å². The Balaban J connectivity index is 3.15. The molecule has 1 rings (SSSR count). The molecule has 0 fully saturated rings. The molecule has 0 spiro atoms. The monoisotopic (exact) mass is 209 g/mol. The van der Waals surface area contributed by atoms with E-state index in [4.69, 9.17) is 4.74 Å². The Bertz CT molecular complexity index is 400. The highest BCUT2D eigenvalue weighted by Crippen LogP contribution is 2.21. The number of carbonyl (C=O) groups is 1. The minimum atomic E-state index is -0.529. The minimum absolute atomic E-state index is 0.0689. The van der Waals surface area contributed by atoms with E-state index in [2.05, 4.69) is 0 Å². The van der Waals surface area contributed by atoms with E-state index >= 15 is 0 Å². The van der Waals surface area contributed by atoms with Crippen LogP contribution in [0.2, 0.25) is 0 Å². The molecule has 0 saturated carbocycles. The lowest BCUT2D eigenvalue weighted by molar-refractivity contribution is -0.385. The Morgan fingerprint density at radius 1 is 1.53 bits per heavy atom. The molecular formula is C10H11NO4. The van der Waals surface area contributed by atoms with Gasteiger partial charge in [0.25, 0.3) is 5.69 Å². The normalized spacial score (nSPS) is 9.73. The number of nitrogens with zero attached hydrogens (tertiary/aromatic N) is 1. The second kappa shape index (κ2) is 4.54. The van der Waals surface area contributed by atoms with Gasteiger partial charge in [-0.25, -0.2) is 4.79 Å². The molecule has 5 heteroatoms. The minimum Gasteiger partial charge on any atom is -0.462 e. The maximum Gasteiger partial charge on any atom is 0.338 e. The molecule has 0 unspecified atom stereocenters. The van der Waals surface area contributed by atoms with E-state index in [9.17, 15) is 14.9 Å². The van der Waals surface area contributed by atoms with E-state index in [1.807, 2.05) is 0 Å². The number of rotatable bonds is 3. The van der Waals surface area contributed by atoms with E-state index in [0.717, 1.165) is 0 Å². The number of benzene rings is 1. The van der Waals surface area contributed by atoms with Gasteiger partial charge in [0, 0.05) is 11.6 Å². The molecule has 0 radical (unpaired) electrons. The SMILES string of the molecule is CCOC(=O)c1cccc([N+](=O)[O-])c1C. The number of carbonyl (C=O) groups excluding carboxylic acids is 1. The predicted octanol–water partition coefficient (Wildman–Crippen LogP) is 2.08. The van der Waals surface area contributed by atoms with E-state index < -0.39 is 10.9 Å². The Morgan fingerprint density at radius 2 is 2.20 bits per heavy atom. The van der Waals surface area contributed by atoms with Crippen molar-refractivity contribution in [1.82, 2.24) is 0 Å². The highest BCUT2D eigenvalue weighted by Gasteiger charge is 2.18. The van der Waals surface area contributed by atoms with Crippen LogP contribution in [0, 0.1) is 17.0 Å². The summed E-state index contributed by atoms with van der Waals surface area (Å²) in [5, 5.41) is 10.6. The van der Waals surface area contributed by atoms with Crippen molar-refractivity contribution in [3.63, 3.8) is 0 Å².